The van der Waals surface area contributed by atoms with Crippen LogP contribution >= 0.6 is 0 Å². The monoisotopic (exact) mass is 1760 g/mol. The summed E-state index contributed by atoms with van der Waals surface area (Å²) in [6.45, 7) is 8.43. The Bertz CT molecular complexity index is 3400. The van der Waals surface area contributed by atoms with Gasteiger partial charge in [-0.05, 0) is 225 Å². The molecule has 0 radical (unpaired) electrons. The van der Waals surface area contributed by atoms with Crippen molar-refractivity contribution in [2.75, 3.05) is 65.4 Å². The molecule has 0 aliphatic rings. The van der Waals surface area contributed by atoms with Crippen molar-refractivity contribution in [1.29, 1.82) is 0 Å². The van der Waals surface area contributed by atoms with Crippen LogP contribution in [0.2, 0.25) is 0 Å². The second kappa shape index (κ2) is 72.1. The number of hydrogen-bond acceptors (Lipinski definition) is 19. The first-order valence-corrected chi connectivity index (χ1v) is 46.0. The van der Waals surface area contributed by atoms with E-state index in [9.17, 15) is 47.9 Å². The van der Waals surface area contributed by atoms with Gasteiger partial charge in [0, 0.05) is 169 Å². The van der Waals surface area contributed by atoms with Crippen molar-refractivity contribution in [3.63, 3.8) is 0 Å². The number of hydrogen-bond donors (Lipinski definition) is 19. The third-order valence-electron chi connectivity index (χ3n) is 22.9. The van der Waals surface area contributed by atoms with Crippen molar-refractivity contribution in [2.45, 2.75) is 310 Å². The van der Waals surface area contributed by atoms with Crippen LogP contribution in [0.1, 0.15) is 310 Å². The lowest BCUT2D eigenvalue weighted by molar-refractivity contribution is -0.129. The molecular weight excluding hydrogens is 1600 g/mol. The second-order valence-electron chi connectivity index (χ2n) is 33.7. The lowest BCUT2D eigenvalue weighted by atomic mass is 9.83. The number of unbranched alkanes of at least 4 members (excludes halogenated alkanes) is 1. The number of aliphatic imine (C=N–C) groups is 9. The minimum absolute atomic E-state index is 0.00494. The molecule has 125 heavy (non-hydrogen) atoms. The molecule has 0 fully saturated rings. The van der Waals surface area contributed by atoms with E-state index in [1.165, 1.54) is 0 Å². The largest absolute Gasteiger partial charge is 0.370 e. The zero-order chi connectivity index (χ0) is 93.7. The Morgan fingerprint density at radius 1 is 0.200 bits per heavy atom. The lowest BCUT2D eigenvalue weighted by Crippen LogP contribution is -2.36. The molecule has 0 heterocycles. The number of carbonyl (C=O) groups excluding carboxylic acids is 10. The van der Waals surface area contributed by atoms with Crippen LogP contribution < -0.4 is 109 Å². The lowest BCUT2D eigenvalue weighted by Gasteiger charge is -2.20. The van der Waals surface area contributed by atoms with Gasteiger partial charge < -0.3 is 109 Å². The summed E-state index contributed by atoms with van der Waals surface area (Å²) in [5.41, 5.74) is 101. The summed E-state index contributed by atoms with van der Waals surface area (Å²) in [6.07, 6.45) is 20.5. The van der Waals surface area contributed by atoms with E-state index in [-0.39, 0.29) is 187 Å². The van der Waals surface area contributed by atoms with E-state index in [2.05, 4.69) is 57.2 Å². The van der Waals surface area contributed by atoms with E-state index in [0.717, 1.165) is 19.3 Å². The Kier molecular flexibility index (Phi) is 66.3. The van der Waals surface area contributed by atoms with Gasteiger partial charge in [0.05, 0.1) is 6.54 Å². The molecule has 0 saturated carbocycles. The van der Waals surface area contributed by atoms with E-state index < -0.39 is 41.4 Å². The first kappa shape index (κ1) is 115. The van der Waals surface area contributed by atoms with Gasteiger partial charge in [-0.3, -0.25) is 92.9 Å². The molecule has 0 aliphatic carbocycles. The van der Waals surface area contributed by atoms with Crippen LogP contribution in [0.25, 0.3) is 0 Å². The fraction of sp³-hybridized carbons (Fsp3) is 0.782. The minimum Gasteiger partial charge on any atom is -0.370 e. The van der Waals surface area contributed by atoms with Crippen molar-refractivity contribution >= 4 is 112 Å². The molecule has 0 aromatic heterocycles. The molecule has 714 valence electrons. The Hall–Kier alpha value is -10.1. The van der Waals surface area contributed by atoms with Gasteiger partial charge >= 0.3 is 0 Å². The van der Waals surface area contributed by atoms with Crippen molar-refractivity contribution in [3.8, 4) is 0 Å². The summed E-state index contributed by atoms with van der Waals surface area (Å²) >= 11 is 0. The SMILES string of the molecule is CCCCC(CCCN=C(N)N)C(=O)CCCC(CCCN=C(N)N)C(=O)CCCC(CCCN=C(N)N)C(=O)CCCC(CCCN=C(N)N)C(=O)CCCC(CCCN=C(N)N)C(=O)CCCC(CCCN=C(N)N)C(=O)CCCC(CCCN=C(N)N)C(=O)CCCC(CCCN=C(N)N)C(=O)CCCC(CCCN=C(N)N)C(=O)NCC(=O)C(C)C. The fourth-order valence-electron chi connectivity index (χ4n) is 15.8. The Labute approximate surface area is 743 Å². The molecule has 0 spiro atoms. The first-order valence-electron chi connectivity index (χ1n) is 46.0. The normalized spacial score (nSPS) is 13.3. The summed E-state index contributed by atoms with van der Waals surface area (Å²) in [4.78, 5) is 176. The Morgan fingerprint density at radius 3 is 0.480 bits per heavy atom. The topological polar surface area (TPSA) is 762 Å². The van der Waals surface area contributed by atoms with Gasteiger partial charge in [-0.2, -0.15) is 0 Å². The maximum Gasteiger partial charge on any atom is 0.223 e. The van der Waals surface area contributed by atoms with E-state index in [0.29, 0.717) is 277 Å². The highest BCUT2D eigenvalue weighted by molar-refractivity contribution is 5.89. The molecule has 0 bridgehead atoms. The van der Waals surface area contributed by atoms with Gasteiger partial charge in [0.15, 0.2) is 59.4 Å². The number of ketones is 9. The van der Waals surface area contributed by atoms with Gasteiger partial charge in [-0.1, -0.05) is 33.6 Å². The summed E-state index contributed by atoms with van der Waals surface area (Å²) in [6, 6.07) is 0. The van der Waals surface area contributed by atoms with Crippen molar-refractivity contribution in [3.05, 3.63) is 0 Å². The van der Waals surface area contributed by atoms with Crippen molar-refractivity contribution < 1.29 is 47.9 Å². The number of guanidine groups is 9. The highest BCUT2D eigenvalue weighted by atomic mass is 16.2. The van der Waals surface area contributed by atoms with Gasteiger partial charge in [-0.15, -0.1) is 0 Å². The number of nitrogens with two attached hydrogens (primary N) is 18. The van der Waals surface area contributed by atoms with E-state index >= 15 is 0 Å². The van der Waals surface area contributed by atoms with Crippen LogP contribution in [0.3, 0.4) is 0 Å². The van der Waals surface area contributed by atoms with Crippen LogP contribution in [-0.2, 0) is 47.9 Å². The maximum atomic E-state index is 14.4. The Morgan fingerprint density at radius 2 is 0.336 bits per heavy atom. The van der Waals surface area contributed by atoms with Gasteiger partial charge in [0.2, 0.25) is 5.91 Å². The molecule has 0 rings (SSSR count). The molecule has 9 atom stereocenters. The van der Waals surface area contributed by atoms with E-state index in [4.69, 9.17) is 103 Å². The molecule has 9 unspecified atom stereocenters. The van der Waals surface area contributed by atoms with Gasteiger partial charge in [-0.25, -0.2) is 0 Å². The highest BCUT2D eigenvalue weighted by Crippen LogP contribution is 2.31. The number of Topliss-reactive ketones (excluding diaryl/α,β-unsaturated/α-hetero) is 9. The van der Waals surface area contributed by atoms with Crippen LogP contribution in [-0.4, -0.2) is 177 Å². The molecule has 38 nitrogen and oxygen atoms in total. The summed E-state index contributed by atoms with van der Waals surface area (Å²) in [5, 5.41) is 2.76. The molecule has 38 heteroatoms. The number of carbonyl (C=O) groups is 10. The van der Waals surface area contributed by atoms with Crippen molar-refractivity contribution in [2.24, 2.45) is 207 Å². The fourth-order valence-corrected chi connectivity index (χ4v) is 15.8. The maximum absolute atomic E-state index is 14.4. The molecule has 0 saturated heterocycles. The average molecular weight is 1760 g/mol. The zero-order valence-corrected chi connectivity index (χ0v) is 76.2. The van der Waals surface area contributed by atoms with Crippen molar-refractivity contribution in [1.82, 2.24) is 5.32 Å². The molecule has 0 aliphatic heterocycles. The molecule has 0 aromatic carbocycles. The number of nitrogens with zero attached hydrogens (tertiary/aromatic N) is 9. The zero-order valence-electron chi connectivity index (χ0n) is 76.2. The Balaban J connectivity index is 6.60. The van der Waals surface area contributed by atoms with Crippen LogP contribution in [0, 0.1) is 59.2 Å². The predicted octanol–water partition coefficient (Wildman–Crippen LogP) is 4.46. The van der Waals surface area contributed by atoms with Crippen LogP contribution in [0.4, 0.5) is 0 Å². The number of amides is 1. The summed E-state index contributed by atoms with van der Waals surface area (Å²) in [5.74, 6) is -4.47. The van der Waals surface area contributed by atoms with E-state index in [1.54, 1.807) is 13.8 Å². The smallest absolute Gasteiger partial charge is 0.223 e. The van der Waals surface area contributed by atoms with Crippen LogP contribution in [0.15, 0.2) is 44.9 Å². The van der Waals surface area contributed by atoms with Gasteiger partial charge in [0.1, 0.15) is 46.3 Å². The average Bonchev–Trinajstić information content (AvgIpc) is 0.916. The highest BCUT2D eigenvalue weighted by Gasteiger charge is 2.30. The van der Waals surface area contributed by atoms with Gasteiger partial charge in [0.25, 0.3) is 0 Å². The second-order valence-corrected chi connectivity index (χ2v) is 33.7. The predicted molar refractivity (Wildman–Crippen MR) is 504 cm³/mol. The molecular formula is C87H166N28O10. The third-order valence-corrected chi connectivity index (χ3v) is 22.9. The first-order chi connectivity index (χ1) is 59.5. The molecule has 0 aromatic rings. The number of rotatable bonds is 83. The minimum atomic E-state index is -0.487. The number of nitrogens with one attached hydrogen (secondary N) is 1. The van der Waals surface area contributed by atoms with E-state index in [1.807, 2.05) is 0 Å². The quantitative estimate of drug-likeness (QED) is 0.0227. The summed E-state index contributed by atoms with van der Waals surface area (Å²) in [7, 11) is 0. The summed E-state index contributed by atoms with van der Waals surface area (Å²) < 4.78 is 0. The van der Waals surface area contributed by atoms with Crippen LogP contribution in [0.5, 0.6) is 0 Å². The standard InChI is InChI=1S/C87H166N28O10/c1-4-5-23-60(32-14-49-106-79(88)89)69(116)41-6-24-61(33-15-50-107-80(90)91)70(117)42-7-25-62(34-16-51-108-81(92)93)71(118)43-8-26-63(35-17-52-109-82(94)95)72(119)44-9-27-64(36-18-53-110-83(96)97)73(120)45-10-28-65(37-19-54-111-84(98)99)74(121)46-11-29-66(38-20-55-112-85(100)101)75(122)47-12-30-67(39-21-56-113-86(102)103)76(123)48-13-31-68(40-22-57-114-87(104)105)78(125)115-58-77(124)59(2)3/h59-68H,4-58H2,1-3H3,(H,115,125)(H4,88,89,106)(H4,90,91,107)(H4,92,93,108)(H4,94,95,109)(H4,96,97,110)(H4,98,99,111)(H4,100,101,112)(H4,102,103,113)(H4,104,105,114). The molecule has 1 amide bonds. The molecule has 37 N–H and O–H groups in total. The third kappa shape index (κ3) is 63.5.